The lowest BCUT2D eigenvalue weighted by molar-refractivity contribution is -0.131. The van der Waals surface area contributed by atoms with Gasteiger partial charge in [0.25, 0.3) is 0 Å². The molecule has 0 radical (unpaired) electrons. The smallest absolute Gasteiger partial charge is 0.249 e. The number of nitrogens with zero attached hydrogens (tertiary/aromatic N) is 1. The summed E-state index contributed by atoms with van der Waals surface area (Å²) in [4.78, 5) is 15.0. The minimum atomic E-state index is -0.232. The third kappa shape index (κ3) is 3.92. The van der Waals surface area contributed by atoms with Gasteiger partial charge in [0.2, 0.25) is 5.91 Å². The number of rotatable bonds is 6. The molecule has 1 N–H and O–H groups in total. The lowest BCUT2D eigenvalue weighted by Gasteiger charge is -2.39. The molecule has 148 valence electrons. The molecule has 3 saturated heterocycles. The summed E-state index contributed by atoms with van der Waals surface area (Å²) in [5, 5.41) is 3.25. The van der Waals surface area contributed by atoms with Crippen molar-refractivity contribution < 1.29 is 19.0 Å². The van der Waals surface area contributed by atoms with Crippen LogP contribution in [0.25, 0.3) is 0 Å². The van der Waals surface area contributed by atoms with Gasteiger partial charge in [-0.25, -0.2) is 0 Å². The van der Waals surface area contributed by atoms with Crippen LogP contribution in [0.1, 0.15) is 44.1 Å². The van der Waals surface area contributed by atoms with Gasteiger partial charge in [-0.1, -0.05) is 6.07 Å². The molecule has 3 aliphatic heterocycles. The molecular weight excluding hydrogens is 344 g/mol. The maximum atomic E-state index is 12.4. The Morgan fingerprint density at radius 2 is 1.96 bits per heavy atom. The monoisotopic (exact) mass is 374 g/mol. The van der Waals surface area contributed by atoms with E-state index in [9.17, 15) is 4.79 Å². The fourth-order valence-corrected chi connectivity index (χ4v) is 4.91. The van der Waals surface area contributed by atoms with Crippen LogP contribution in [0.3, 0.4) is 0 Å². The lowest BCUT2D eigenvalue weighted by atomic mass is 9.96. The van der Waals surface area contributed by atoms with E-state index in [-0.39, 0.29) is 18.1 Å². The van der Waals surface area contributed by atoms with Crippen molar-refractivity contribution in [2.45, 2.75) is 69.3 Å². The van der Waals surface area contributed by atoms with Crippen molar-refractivity contribution in [1.82, 2.24) is 10.2 Å². The predicted octanol–water partition coefficient (Wildman–Crippen LogP) is 2.49. The topological polar surface area (TPSA) is 60.0 Å². The van der Waals surface area contributed by atoms with Gasteiger partial charge >= 0.3 is 0 Å². The van der Waals surface area contributed by atoms with E-state index in [1.165, 1.54) is 18.4 Å². The molecule has 3 atom stereocenters. The van der Waals surface area contributed by atoms with Crippen molar-refractivity contribution in [2.75, 3.05) is 20.8 Å². The Morgan fingerprint density at radius 1 is 1.19 bits per heavy atom. The summed E-state index contributed by atoms with van der Waals surface area (Å²) in [6.45, 7) is 1.60. The van der Waals surface area contributed by atoms with Gasteiger partial charge in [-0.05, 0) is 44.6 Å². The zero-order chi connectivity index (χ0) is 18.8. The fourth-order valence-electron chi connectivity index (χ4n) is 4.91. The van der Waals surface area contributed by atoms with Crippen molar-refractivity contribution in [3.63, 3.8) is 0 Å². The van der Waals surface area contributed by atoms with Gasteiger partial charge in [-0.2, -0.15) is 0 Å². The van der Waals surface area contributed by atoms with Crippen molar-refractivity contribution in [3.8, 4) is 11.5 Å². The molecule has 2 bridgehead atoms. The molecule has 0 aromatic heterocycles. The third-order valence-electron chi connectivity index (χ3n) is 6.30. The minimum Gasteiger partial charge on any atom is -0.497 e. The molecule has 0 saturated carbocycles. The summed E-state index contributed by atoms with van der Waals surface area (Å²) in [5.74, 6) is 1.78. The molecule has 3 heterocycles. The standard InChI is InChI=1S/C21H30N2O4/c1-25-18-8-5-14(20(12-18)26-2)13-23-16-6-7-17(23)11-15(10-16)22-21(24)19-4-3-9-27-19/h5,8,12,15-17,19H,3-4,6-7,9-11,13H2,1-2H3,(H,22,24). The highest BCUT2D eigenvalue weighted by atomic mass is 16.5. The number of carbonyl (C=O) groups excluding carboxylic acids is 1. The predicted molar refractivity (Wildman–Crippen MR) is 102 cm³/mol. The first-order valence-electron chi connectivity index (χ1n) is 10.1. The minimum absolute atomic E-state index is 0.0853. The average Bonchev–Trinajstić information content (AvgIpc) is 3.29. The first-order valence-corrected chi connectivity index (χ1v) is 10.1. The number of benzene rings is 1. The molecule has 6 heteroatoms. The molecule has 3 aliphatic rings. The quantitative estimate of drug-likeness (QED) is 0.829. The van der Waals surface area contributed by atoms with Gasteiger partial charge in [0, 0.05) is 42.9 Å². The summed E-state index contributed by atoms with van der Waals surface area (Å²) < 4.78 is 16.4. The SMILES string of the molecule is COc1ccc(CN2C3CCC2CC(NC(=O)C2CCCO2)C3)c(OC)c1. The number of amides is 1. The van der Waals surface area contributed by atoms with Crippen LogP contribution in [0.15, 0.2) is 18.2 Å². The van der Waals surface area contributed by atoms with E-state index < -0.39 is 0 Å². The highest BCUT2D eigenvalue weighted by Gasteiger charge is 2.41. The molecular formula is C21H30N2O4. The number of piperidine rings is 1. The van der Waals surface area contributed by atoms with Crippen molar-refractivity contribution in [2.24, 2.45) is 0 Å². The van der Waals surface area contributed by atoms with Gasteiger partial charge in [0.1, 0.15) is 17.6 Å². The first kappa shape index (κ1) is 18.6. The Hall–Kier alpha value is -1.79. The van der Waals surface area contributed by atoms with E-state index in [1.807, 2.05) is 12.1 Å². The fraction of sp³-hybridized carbons (Fsp3) is 0.667. The lowest BCUT2D eigenvalue weighted by Crippen LogP contribution is -2.51. The van der Waals surface area contributed by atoms with Gasteiger partial charge < -0.3 is 19.5 Å². The molecule has 3 unspecified atom stereocenters. The zero-order valence-electron chi connectivity index (χ0n) is 16.3. The number of fused-ring (bicyclic) bond motifs is 2. The number of ether oxygens (including phenoxy) is 3. The number of hydrogen-bond acceptors (Lipinski definition) is 5. The van der Waals surface area contributed by atoms with E-state index in [1.54, 1.807) is 14.2 Å². The Balaban J connectivity index is 1.39. The number of hydrogen-bond donors (Lipinski definition) is 1. The van der Waals surface area contributed by atoms with Crippen molar-refractivity contribution in [3.05, 3.63) is 23.8 Å². The van der Waals surface area contributed by atoms with Crippen LogP contribution in [0.5, 0.6) is 11.5 Å². The van der Waals surface area contributed by atoms with Gasteiger partial charge in [-0.15, -0.1) is 0 Å². The Labute approximate surface area is 161 Å². The van der Waals surface area contributed by atoms with E-state index in [0.29, 0.717) is 18.7 Å². The molecule has 0 spiro atoms. The molecule has 4 rings (SSSR count). The molecule has 1 amide bonds. The van der Waals surface area contributed by atoms with Crippen molar-refractivity contribution >= 4 is 5.91 Å². The van der Waals surface area contributed by atoms with Crippen molar-refractivity contribution in [1.29, 1.82) is 0 Å². The second-order valence-corrected chi connectivity index (χ2v) is 7.91. The molecule has 1 aromatic carbocycles. The van der Waals surface area contributed by atoms with Crippen LogP contribution in [0, 0.1) is 0 Å². The molecule has 0 aliphatic carbocycles. The van der Waals surface area contributed by atoms with E-state index in [4.69, 9.17) is 14.2 Å². The highest BCUT2D eigenvalue weighted by Crippen LogP contribution is 2.38. The number of methoxy groups -OCH3 is 2. The summed E-state index contributed by atoms with van der Waals surface area (Å²) in [6.07, 6.45) is 6.07. The second-order valence-electron chi connectivity index (χ2n) is 7.91. The largest absolute Gasteiger partial charge is 0.497 e. The normalized spacial score (nSPS) is 30.3. The highest BCUT2D eigenvalue weighted by molar-refractivity contribution is 5.81. The summed E-state index contributed by atoms with van der Waals surface area (Å²) in [5.41, 5.74) is 1.19. The molecule has 3 fully saturated rings. The number of nitrogens with one attached hydrogen (secondary N) is 1. The second kappa shape index (κ2) is 8.07. The molecule has 6 nitrogen and oxygen atoms in total. The van der Waals surface area contributed by atoms with Crippen LogP contribution in [-0.4, -0.2) is 55.9 Å². The van der Waals surface area contributed by atoms with E-state index in [2.05, 4.69) is 16.3 Å². The van der Waals surface area contributed by atoms with Crippen LogP contribution in [-0.2, 0) is 16.1 Å². The van der Waals surface area contributed by atoms with Gasteiger partial charge in [0.05, 0.1) is 14.2 Å². The van der Waals surface area contributed by atoms with E-state index in [0.717, 1.165) is 43.7 Å². The molecule has 1 aromatic rings. The summed E-state index contributed by atoms with van der Waals surface area (Å²) in [7, 11) is 3.38. The Kier molecular flexibility index (Phi) is 5.55. The van der Waals surface area contributed by atoms with Gasteiger partial charge in [-0.3, -0.25) is 9.69 Å². The summed E-state index contributed by atoms with van der Waals surface area (Å²) in [6, 6.07) is 7.35. The Bertz CT molecular complexity index is 660. The Morgan fingerprint density at radius 3 is 2.59 bits per heavy atom. The van der Waals surface area contributed by atoms with Crippen LogP contribution in [0.2, 0.25) is 0 Å². The average molecular weight is 374 g/mol. The zero-order valence-corrected chi connectivity index (χ0v) is 16.3. The van der Waals surface area contributed by atoms with Gasteiger partial charge in [0.15, 0.2) is 0 Å². The van der Waals surface area contributed by atoms with E-state index >= 15 is 0 Å². The number of carbonyl (C=O) groups is 1. The third-order valence-corrected chi connectivity index (χ3v) is 6.30. The van der Waals surface area contributed by atoms with Crippen LogP contribution >= 0.6 is 0 Å². The first-order chi connectivity index (χ1) is 13.2. The van der Waals surface area contributed by atoms with Crippen LogP contribution < -0.4 is 14.8 Å². The summed E-state index contributed by atoms with van der Waals surface area (Å²) >= 11 is 0. The van der Waals surface area contributed by atoms with Crippen LogP contribution in [0.4, 0.5) is 0 Å². The molecule has 27 heavy (non-hydrogen) atoms. The maximum Gasteiger partial charge on any atom is 0.249 e. The maximum absolute atomic E-state index is 12.4.